The second kappa shape index (κ2) is 7.35. The van der Waals surface area contributed by atoms with Gasteiger partial charge in [-0.2, -0.15) is 0 Å². The number of fused-ring (bicyclic) bond motifs is 1. The smallest absolute Gasteiger partial charge is 0.256 e. The molecule has 0 radical (unpaired) electrons. The Morgan fingerprint density at radius 2 is 1.77 bits per heavy atom. The van der Waals surface area contributed by atoms with Crippen molar-refractivity contribution in [2.24, 2.45) is 0 Å². The lowest BCUT2D eigenvalue weighted by Crippen LogP contribution is -2.38. The van der Waals surface area contributed by atoms with Crippen LogP contribution in [0.5, 0.6) is 0 Å². The van der Waals surface area contributed by atoms with Crippen LogP contribution in [0.2, 0.25) is 0 Å². The molecule has 0 aliphatic carbocycles. The van der Waals surface area contributed by atoms with Crippen molar-refractivity contribution in [3.05, 3.63) is 71.4 Å². The SMILES string of the molecule is CN(CC(=O)NCc1c(F)cccc1F)C(=O)c1c[nH]c2ccccc12. The lowest BCUT2D eigenvalue weighted by molar-refractivity contribution is -0.121. The molecule has 1 heterocycles. The van der Waals surface area contributed by atoms with Gasteiger partial charge in [0.2, 0.25) is 5.91 Å². The van der Waals surface area contributed by atoms with Crippen LogP contribution in [0.15, 0.2) is 48.7 Å². The van der Waals surface area contributed by atoms with Crippen LogP contribution in [0, 0.1) is 11.6 Å². The van der Waals surface area contributed by atoms with Crippen LogP contribution in [0.4, 0.5) is 8.78 Å². The van der Waals surface area contributed by atoms with Gasteiger partial charge >= 0.3 is 0 Å². The van der Waals surface area contributed by atoms with E-state index >= 15 is 0 Å². The summed E-state index contributed by atoms with van der Waals surface area (Å²) in [6.07, 6.45) is 1.59. The standard InChI is InChI=1S/C19H17F2N3O2/c1-24(19(26)13-9-22-17-8-3-2-5-12(13)17)11-18(25)23-10-14-15(20)6-4-7-16(14)21/h2-9,22H,10-11H2,1H3,(H,23,25). The van der Waals surface area contributed by atoms with E-state index in [0.29, 0.717) is 5.56 Å². The number of hydrogen-bond donors (Lipinski definition) is 2. The molecule has 3 rings (SSSR count). The van der Waals surface area contributed by atoms with Crippen LogP contribution in [-0.2, 0) is 11.3 Å². The average Bonchev–Trinajstić information content (AvgIpc) is 3.04. The number of H-pyrrole nitrogens is 1. The van der Waals surface area contributed by atoms with E-state index in [4.69, 9.17) is 0 Å². The van der Waals surface area contributed by atoms with Crippen molar-refractivity contribution in [1.29, 1.82) is 0 Å². The van der Waals surface area contributed by atoms with Crippen LogP contribution >= 0.6 is 0 Å². The van der Waals surface area contributed by atoms with E-state index in [-0.39, 0.29) is 24.6 Å². The molecule has 0 fully saturated rings. The highest BCUT2D eigenvalue weighted by atomic mass is 19.1. The van der Waals surface area contributed by atoms with E-state index in [1.165, 1.54) is 18.0 Å². The molecule has 2 N–H and O–H groups in total. The number of likely N-dealkylation sites (N-methyl/N-ethyl adjacent to an activating group) is 1. The molecular weight excluding hydrogens is 340 g/mol. The predicted octanol–water partition coefficient (Wildman–Crippen LogP) is 2.83. The molecule has 0 aliphatic rings. The van der Waals surface area contributed by atoms with Crippen LogP contribution in [0.1, 0.15) is 15.9 Å². The highest BCUT2D eigenvalue weighted by Crippen LogP contribution is 2.19. The number of nitrogens with one attached hydrogen (secondary N) is 2. The van der Waals surface area contributed by atoms with Gasteiger partial charge in [0.05, 0.1) is 12.1 Å². The number of carbonyl (C=O) groups excluding carboxylic acids is 2. The Kier molecular flexibility index (Phi) is 4.97. The van der Waals surface area contributed by atoms with E-state index < -0.39 is 17.5 Å². The van der Waals surface area contributed by atoms with Crippen molar-refractivity contribution in [3.8, 4) is 0 Å². The molecule has 7 heteroatoms. The zero-order chi connectivity index (χ0) is 18.7. The maximum absolute atomic E-state index is 13.6. The zero-order valence-corrected chi connectivity index (χ0v) is 14.1. The zero-order valence-electron chi connectivity index (χ0n) is 14.1. The predicted molar refractivity (Wildman–Crippen MR) is 93.5 cm³/mol. The van der Waals surface area contributed by atoms with Gasteiger partial charge in [0.15, 0.2) is 0 Å². The molecule has 0 unspecified atom stereocenters. The van der Waals surface area contributed by atoms with E-state index in [1.54, 1.807) is 6.20 Å². The molecule has 26 heavy (non-hydrogen) atoms. The normalized spacial score (nSPS) is 10.7. The van der Waals surface area contributed by atoms with Crippen LogP contribution in [0.25, 0.3) is 10.9 Å². The fraction of sp³-hybridized carbons (Fsp3) is 0.158. The van der Waals surface area contributed by atoms with Crippen molar-refractivity contribution in [1.82, 2.24) is 15.2 Å². The minimum Gasteiger partial charge on any atom is -0.360 e. The highest BCUT2D eigenvalue weighted by Gasteiger charge is 2.18. The molecule has 0 saturated heterocycles. The number of aromatic amines is 1. The summed E-state index contributed by atoms with van der Waals surface area (Å²) in [6.45, 7) is -0.513. The number of halogens is 2. The van der Waals surface area contributed by atoms with Gasteiger partial charge in [-0.05, 0) is 18.2 Å². The Balaban J connectivity index is 1.63. The van der Waals surface area contributed by atoms with Crippen LogP contribution in [-0.4, -0.2) is 35.3 Å². The molecule has 0 spiro atoms. The van der Waals surface area contributed by atoms with Crippen molar-refractivity contribution < 1.29 is 18.4 Å². The fourth-order valence-electron chi connectivity index (χ4n) is 2.69. The Labute approximate surface area is 148 Å². The van der Waals surface area contributed by atoms with Crippen molar-refractivity contribution >= 4 is 22.7 Å². The highest BCUT2D eigenvalue weighted by molar-refractivity contribution is 6.07. The van der Waals surface area contributed by atoms with Crippen molar-refractivity contribution in [2.75, 3.05) is 13.6 Å². The van der Waals surface area contributed by atoms with E-state index in [9.17, 15) is 18.4 Å². The van der Waals surface area contributed by atoms with Crippen LogP contribution in [0.3, 0.4) is 0 Å². The Morgan fingerprint density at radius 3 is 2.50 bits per heavy atom. The summed E-state index contributed by atoms with van der Waals surface area (Å²) in [5, 5.41) is 3.19. The van der Waals surface area contributed by atoms with Gasteiger partial charge in [-0.3, -0.25) is 9.59 Å². The molecule has 0 atom stereocenters. The Bertz CT molecular complexity index is 948. The maximum atomic E-state index is 13.6. The quantitative estimate of drug-likeness (QED) is 0.737. The molecule has 5 nitrogen and oxygen atoms in total. The summed E-state index contributed by atoms with van der Waals surface area (Å²) in [7, 11) is 1.49. The first kappa shape index (κ1) is 17.6. The molecule has 0 aliphatic heterocycles. The third-order valence-electron chi connectivity index (χ3n) is 4.07. The number of para-hydroxylation sites is 1. The second-order valence-corrected chi connectivity index (χ2v) is 5.89. The van der Waals surface area contributed by atoms with Crippen molar-refractivity contribution in [2.45, 2.75) is 6.54 Å². The monoisotopic (exact) mass is 357 g/mol. The van der Waals surface area contributed by atoms with Gasteiger partial charge in [-0.25, -0.2) is 8.78 Å². The average molecular weight is 357 g/mol. The van der Waals surface area contributed by atoms with E-state index in [2.05, 4.69) is 10.3 Å². The summed E-state index contributed by atoms with van der Waals surface area (Å²) >= 11 is 0. The molecule has 2 aromatic carbocycles. The molecular formula is C19H17F2N3O2. The third kappa shape index (κ3) is 3.56. The number of nitrogens with zero attached hydrogens (tertiary/aromatic N) is 1. The van der Waals surface area contributed by atoms with Gasteiger partial charge in [0, 0.05) is 36.3 Å². The molecule has 0 saturated carbocycles. The minimum absolute atomic E-state index is 0.216. The first-order valence-corrected chi connectivity index (χ1v) is 7.98. The summed E-state index contributed by atoms with van der Waals surface area (Å²) in [6, 6.07) is 10.8. The largest absolute Gasteiger partial charge is 0.360 e. The van der Waals surface area contributed by atoms with E-state index in [0.717, 1.165) is 23.0 Å². The fourth-order valence-corrected chi connectivity index (χ4v) is 2.69. The summed E-state index contributed by atoms with van der Waals surface area (Å²) in [5.41, 5.74) is 1.06. The molecule has 134 valence electrons. The van der Waals surface area contributed by atoms with E-state index in [1.807, 2.05) is 24.3 Å². The van der Waals surface area contributed by atoms with Gasteiger partial charge in [-0.1, -0.05) is 24.3 Å². The second-order valence-electron chi connectivity index (χ2n) is 5.89. The first-order valence-electron chi connectivity index (χ1n) is 7.98. The summed E-state index contributed by atoms with van der Waals surface area (Å²) in [4.78, 5) is 28.8. The molecule has 0 bridgehead atoms. The first-order chi connectivity index (χ1) is 12.5. The number of aromatic nitrogens is 1. The molecule has 3 aromatic rings. The minimum atomic E-state index is -0.728. The number of benzene rings is 2. The van der Waals surface area contributed by atoms with Crippen LogP contribution < -0.4 is 5.32 Å². The number of carbonyl (C=O) groups is 2. The number of hydrogen-bond acceptors (Lipinski definition) is 2. The van der Waals surface area contributed by atoms with Gasteiger partial charge in [0.25, 0.3) is 5.91 Å². The van der Waals surface area contributed by atoms with Gasteiger partial charge < -0.3 is 15.2 Å². The molecule has 1 aromatic heterocycles. The topological polar surface area (TPSA) is 65.2 Å². The lowest BCUT2D eigenvalue weighted by atomic mass is 10.1. The number of amides is 2. The summed E-state index contributed by atoms with van der Waals surface area (Å²) in [5.74, 6) is -2.29. The van der Waals surface area contributed by atoms with Crippen molar-refractivity contribution in [3.63, 3.8) is 0 Å². The lowest BCUT2D eigenvalue weighted by Gasteiger charge is -2.16. The van der Waals surface area contributed by atoms with Gasteiger partial charge in [0.1, 0.15) is 11.6 Å². The molecule has 2 amide bonds. The third-order valence-corrected chi connectivity index (χ3v) is 4.07. The van der Waals surface area contributed by atoms with Gasteiger partial charge in [-0.15, -0.1) is 0 Å². The number of rotatable bonds is 5. The summed E-state index contributed by atoms with van der Waals surface area (Å²) < 4.78 is 27.1. The Morgan fingerprint density at radius 1 is 1.08 bits per heavy atom. The maximum Gasteiger partial charge on any atom is 0.256 e. The Hall–Kier alpha value is -3.22.